The van der Waals surface area contributed by atoms with Crippen LogP contribution in [-0.4, -0.2) is 22.5 Å². The summed E-state index contributed by atoms with van der Waals surface area (Å²) in [5.41, 5.74) is 5.50. The van der Waals surface area contributed by atoms with Gasteiger partial charge in [-0.2, -0.15) is 0 Å². The van der Waals surface area contributed by atoms with Gasteiger partial charge in [0.05, 0.1) is 5.69 Å². The summed E-state index contributed by atoms with van der Waals surface area (Å²) >= 11 is 0. The van der Waals surface area contributed by atoms with Gasteiger partial charge in [0.2, 0.25) is 0 Å². The van der Waals surface area contributed by atoms with E-state index in [-0.39, 0.29) is 12.5 Å². The zero-order valence-electron chi connectivity index (χ0n) is 18.9. The first-order chi connectivity index (χ1) is 16.0. The molecule has 6 nitrogen and oxygen atoms in total. The minimum Gasteiger partial charge on any atom is -0.483 e. The Morgan fingerprint density at radius 2 is 1.64 bits per heavy atom. The highest BCUT2D eigenvalue weighted by atomic mass is 16.5. The van der Waals surface area contributed by atoms with Crippen molar-refractivity contribution in [3.8, 4) is 17.0 Å². The third-order valence-corrected chi connectivity index (χ3v) is 5.02. The first-order valence-electron chi connectivity index (χ1n) is 10.7. The number of rotatable bonds is 7. The lowest BCUT2D eigenvalue weighted by atomic mass is 10.1. The Balaban J connectivity index is 1.42. The molecule has 6 heteroatoms. The SMILES string of the molecule is Cc1ccc(OCC(=O)Nc2cccc(Nc3cc(-c4ccccc4)nc(C)n3)c2)c(C)c1. The van der Waals surface area contributed by atoms with Gasteiger partial charge in [-0.3, -0.25) is 4.79 Å². The molecule has 0 saturated heterocycles. The molecule has 166 valence electrons. The van der Waals surface area contributed by atoms with Gasteiger partial charge in [-0.25, -0.2) is 9.97 Å². The van der Waals surface area contributed by atoms with Crippen molar-refractivity contribution < 1.29 is 9.53 Å². The van der Waals surface area contributed by atoms with Crippen LogP contribution in [-0.2, 0) is 4.79 Å². The Bertz CT molecular complexity index is 1270. The number of nitrogens with one attached hydrogen (secondary N) is 2. The lowest BCUT2D eigenvalue weighted by Gasteiger charge is -2.12. The number of anilines is 3. The zero-order chi connectivity index (χ0) is 23.2. The number of aromatic nitrogens is 2. The van der Waals surface area contributed by atoms with E-state index in [2.05, 4.69) is 20.6 Å². The maximum Gasteiger partial charge on any atom is 0.262 e. The van der Waals surface area contributed by atoms with E-state index in [9.17, 15) is 4.79 Å². The van der Waals surface area contributed by atoms with Crippen LogP contribution in [0.2, 0.25) is 0 Å². The van der Waals surface area contributed by atoms with E-state index in [0.29, 0.717) is 23.1 Å². The fourth-order valence-corrected chi connectivity index (χ4v) is 3.51. The van der Waals surface area contributed by atoms with Crippen molar-refractivity contribution in [2.45, 2.75) is 20.8 Å². The topological polar surface area (TPSA) is 76.1 Å². The molecular formula is C27H26N4O2. The highest BCUT2D eigenvalue weighted by molar-refractivity contribution is 5.92. The molecule has 4 aromatic rings. The van der Waals surface area contributed by atoms with E-state index < -0.39 is 0 Å². The van der Waals surface area contributed by atoms with Crippen LogP contribution >= 0.6 is 0 Å². The molecule has 0 spiro atoms. The molecule has 0 aliphatic rings. The van der Waals surface area contributed by atoms with Crippen LogP contribution in [0, 0.1) is 20.8 Å². The molecule has 0 saturated carbocycles. The number of nitrogens with zero attached hydrogens (tertiary/aromatic N) is 2. The van der Waals surface area contributed by atoms with Crippen LogP contribution in [0.25, 0.3) is 11.3 Å². The Hall–Kier alpha value is -4.19. The number of hydrogen-bond donors (Lipinski definition) is 2. The molecule has 0 aliphatic carbocycles. The Morgan fingerprint density at radius 3 is 2.42 bits per heavy atom. The Morgan fingerprint density at radius 1 is 0.848 bits per heavy atom. The van der Waals surface area contributed by atoms with E-state index in [1.807, 2.05) is 99.6 Å². The predicted molar refractivity (Wildman–Crippen MR) is 132 cm³/mol. The largest absolute Gasteiger partial charge is 0.483 e. The summed E-state index contributed by atoms with van der Waals surface area (Å²) in [6.07, 6.45) is 0. The predicted octanol–water partition coefficient (Wildman–Crippen LogP) is 5.83. The highest BCUT2D eigenvalue weighted by Crippen LogP contribution is 2.24. The molecule has 0 atom stereocenters. The summed E-state index contributed by atoms with van der Waals surface area (Å²) in [4.78, 5) is 21.4. The van der Waals surface area contributed by atoms with Gasteiger partial charge in [0, 0.05) is 23.0 Å². The van der Waals surface area contributed by atoms with Crippen LogP contribution < -0.4 is 15.4 Å². The minimum atomic E-state index is -0.226. The first-order valence-corrected chi connectivity index (χ1v) is 10.7. The average Bonchev–Trinajstić information content (AvgIpc) is 2.79. The molecule has 0 unspecified atom stereocenters. The molecule has 33 heavy (non-hydrogen) atoms. The van der Waals surface area contributed by atoms with Gasteiger partial charge in [0.1, 0.15) is 17.4 Å². The van der Waals surface area contributed by atoms with Crippen molar-refractivity contribution in [2.24, 2.45) is 0 Å². The van der Waals surface area contributed by atoms with Gasteiger partial charge in [-0.1, -0.05) is 54.1 Å². The van der Waals surface area contributed by atoms with E-state index in [1.165, 1.54) is 0 Å². The van der Waals surface area contributed by atoms with Crippen LogP contribution in [0.4, 0.5) is 17.2 Å². The molecule has 3 aromatic carbocycles. The molecule has 0 fully saturated rings. The van der Waals surface area contributed by atoms with E-state index >= 15 is 0 Å². The van der Waals surface area contributed by atoms with Gasteiger partial charge in [0.25, 0.3) is 5.91 Å². The molecular weight excluding hydrogens is 412 g/mol. The molecule has 2 N–H and O–H groups in total. The summed E-state index contributed by atoms with van der Waals surface area (Å²) < 4.78 is 5.68. The van der Waals surface area contributed by atoms with Crippen LogP contribution in [0.5, 0.6) is 5.75 Å². The van der Waals surface area contributed by atoms with Gasteiger partial charge in [0.15, 0.2) is 6.61 Å². The molecule has 4 rings (SSSR count). The standard InChI is InChI=1S/C27H26N4O2/c1-18-12-13-25(19(2)14-18)33-17-27(32)31-23-11-7-10-22(15-23)30-26-16-24(28-20(3)29-26)21-8-5-4-6-9-21/h4-16H,17H2,1-3H3,(H,31,32)(H,28,29,30). The van der Waals surface area contributed by atoms with Crippen molar-refractivity contribution in [1.29, 1.82) is 0 Å². The molecule has 0 aliphatic heterocycles. The lowest BCUT2D eigenvalue weighted by molar-refractivity contribution is -0.118. The number of aryl methyl sites for hydroxylation is 3. The number of hydrogen-bond acceptors (Lipinski definition) is 5. The van der Waals surface area contributed by atoms with Gasteiger partial charge in [-0.15, -0.1) is 0 Å². The summed E-state index contributed by atoms with van der Waals surface area (Å²) in [7, 11) is 0. The number of benzene rings is 3. The molecule has 0 radical (unpaired) electrons. The molecule has 0 bridgehead atoms. The lowest BCUT2D eigenvalue weighted by Crippen LogP contribution is -2.20. The zero-order valence-corrected chi connectivity index (χ0v) is 18.9. The van der Waals surface area contributed by atoms with Gasteiger partial charge >= 0.3 is 0 Å². The second-order valence-electron chi connectivity index (χ2n) is 7.86. The third-order valence-electron chi connectivity index (χ3n) is 5.02. The molecule has 1 aromatic heterocycles. The van der Waals surface area contributed by atoms with Crippen molar-refractivity contribution >= 4 is 23.1 Å². The van der Waals surface area contributed by atoms with Crippen LogP contribution in [0.3, 0.4) is 0 Å². The van der Waals surface area contributed by atoms with E-state index in [4.69, 9.17) is 4.74 Å². The quantitative estimate of drug-likeness (QED) is 0.380. The monoisotopic (exact) mass is 438 g/mol. The second kappa shape index (κ2) is 9.96. The number of carbonyl (C=O) groups excluding carboxylic acids is 1. The van der Waals surface area contributed by atoms with Crippen molar-refractivity contribution in [3.05, 3.63) is 95.8 Å². The fraction of sp³-hybridized carbons (Fsp3) is 0.148. The summed E-state index contributed by atoms with van der Waals surface area (Å²) in [6, 6.07) is 25.2. The molecule has 1 heterocycles. The van der Waals surface area contributed by atoms with Gasteiger partial charge < -0.3 is 15.4 Å². The molecule has 1 amide bonds. The summed E-state index contributed by atoms with van der Waals surface area (Å²) in [5.74, 6) is 1.84. The Labute approximate surface area is 193 Å². The maximum absolute atomic E-state index is 12.4. The van der Waals surface area contributed by atoms with E-state index in [0.717, 1.165) is 28.1 Å². The van der Waals surface area contributed by atoms with Crippen molar-refractivity contribution in [2.75, 3.05) is 17.2 Å². The number of amides is 1. The van der Waals surface area contributed by atoms with Crippen LogP contribution in [0.1, 0.15) is 17.0 Å². The Kier molecular flexibility index (Phi) is 6.64. The number of ether oxygens (including phenoxy) is 1. The van der Waals surface area contributed by atoms with E-state index in [1.54, 1.807) is 0 Å². The fourth-order valence-electron chi connectivity index (χ4n) is 3.51. The highest BCUT2D eigenvalue weighted by Gasteiger charge is 2.08. The minimum absolute atomic E-state index is 0.0624. The normalized spacial score (nSPS) is 10.5. The average molecular weight is 439 g/mol. The van der Waals surface area contributed by atoms with Crippen molar-refractivity contribution in [3.63, 3.8) is 0 Å². The summed E-state index contributed by atoms with van der Waals surface area (Å²) in [5, 5.41) is 6.19. The second-order valence-corrected chi connectivity index (χ2v) is 7.86. The smallest absolute Gasteiger partial charge is 0.262 e. The van der Waals surface area contributed by atoms with Gasteiger partial charge in [-0.05, 0) is 50.6 Å². The number of carbonyl (C=O) groups is 1. The van der Waals surface area contributed by atoms with Crippen molar-refractivity contribution in [1.82, 2.24) is 9.97 Å². The first kappa shape index (κ1) is 22.0. The third kappa shape index (κ3) is 5.95. The van der Waals surface area contributed by atoms with Crippen LogP contribution in [0.15, 0.2) is 78.9 Å². The summed E-state index contributed by atoms with van der Waals surface area (Å²) in [6.45, 7) is 5.79. The maximum atomic E-state index is 12.4.